The summed E-state index contributed by atoms with van der Waals surface area (Å²) in [6.45, 7) is 5.26. The molecular formula is C26H27N2O2+. The number of rotatable bonds is 8. The zero-order valence-corrected chi connectivity index (χ0v) is 17.6. The van der Waals surface area contributed by atoms with E-state index in [-0.39, 0.29) is 11.7 Å². The number of nitrogens with zero attached hydrogens (tertiary/aromatic N) is 1. The second-order valence-corrected chi connectivity index (χ2v) is 8.56. The van der Waals surface area contributed by atoms with E-state index in [0.717, 1.165) is 29.3 Å². The number of hydrogen-bond acceptors (Lipinski definition) is 2. The van der Waals surface area contributed by atoms with E-state index >= 15 is 0 Å². The minimum atomic E-state index is -0.162. The molecule has 4 aromatic carbocycles. The van der Waals surface area contributed by atoms with Crippen molar-refractivity contribution in [3.8, 4) is 0 Å². The monoisotopic (exact) mass is 399 g/mol. The van der Waals surface area contributed by atoms with Gasteiger partial charge in [0.25, 0.3) is 0 Å². The van der Waals surface area contributed by atoms with Crippen molar-refractivity contribution in [2.45, 2.75) is 6.42 Å². The van der Waals surface area contributed by atoms with E-state index in [1.807, 2.05) is 6.07 Å². The third kappa shape index (κ3) is 3.79. The Kier molecular flexibility index (Phi) is 5.27. The first-order chi connectivity index (χ1) is 14.4. The van der Waals surface area contributed by atoms with Crippen molar-refractivity contribution < 1.29 is 14.1 Å². The van der Waals surface area contributed by atoms with Gasteiger partial charge in [0.05, 0.1) is 20.6 Å². The van der Waals surface area contributed by atoms with Crippen LogP contribution >= 0.6 is 0 Å². The highest BCUT2D eigenvalue weighted by Gasteiger charge is 2.23. The van der Waals surface area contributed by atoms with Crippen LogP contribution in [-0.4, -0.2) is 49.9 Å². The van der Waals surface area contributed by atoms with Crippen LogP contribution in [0.4, 0.5) is 0 Å². The standard InChI is InChI=1S/C26H26N2O2/c1-4-24(30)27-15-6-16-28(2,3)17-23(29)21-13-11-20-10-9-18-7-5-8-19-12-14-22(21)26(20)25(18)19/h4-5,7-14H,1,6,15-17H2,2-3H3/p+1. The number of likely N-dealkylation sites (N-methyl/N-ethyl adjacent to an activating group) is 1. The van der Waals surface area contributed by atoms with Gasteiger partial charge in [-0.3, -0.25) is 9.59 Å². The molecule has 1 amide bonds. The lowest BCUT2D eigenvalue weighted by molar-refractivity contribution is -0.882. The van der Waals surface area contributed by atoms with E-state index in [0.29, 0.717) is 17.6 Å². The Balaban J connectivity index is 1.60. The normalized spacial score (nSPS) is 11.9. The second-order valence-electron chi connectivity index (χ2n) is 8.56. The highest BCUT2D eigenvalue weighted by molar-refractivity contribution is 6.26. The summed E-state index contributed by atoms with van der Waals surface area (Å²) < 4.78 is 0.574. The Morgan fingerprint density at radius 1 is 0.933 bits per heavy atom. The maximum absolute atomic E-state index is 13.3. The number of hydrogen-bond donors (Lipinski definition) is 1. The Hall–Kier alpha value is -3.24. The van der Waals surface area contributed by atoms with Gasteiger partial charge in [0.15, 0.2) is 0 Å². The van der Waals surface area contributed by atoms with Crippen LogP contribution in [-0.2, 0) is 4.79 Å². The molecule has 0 radical (unpaired) electrons. The topological polar surface area (TPSA) is 46.2 Å². The molecule has 4 rings (SSSR count). The smallest absolute Gasteiger partial charge is 0.243 e. The largest absolute Gasteiger partial charge is 0.352 e. The fraction of sp³-hybridized carbons (Fsp3) is 0.231. The molecule has 0 saturated carbocycles. The van der Waals surface area contributed by atoms with Crippen molar-refractivity contribution in [3.63, 3.8) is 0 Å². The zero-order chi connectivity index (χ0) is 21.3. The minimum Gasteiger partial charge on any atom is -0.352 e. The number of carbonyl (C=O) groups is 2. The molecule has 0 spiro atoms. The second kappa shape index (κ2) is 7.88. The number of amides is 1. The van der Waals surface area contributed by atoms with Crippen molar-refractivity contribution in [2.75, 3.05) is 33.7 Å². The zero-order valence-electron chi connectivity index (χ0n) is 17.6. The van der Waals surface area contributed by atoms with Crippen molar-refractivity contribution in [3.05, 3.63) is 72.8 Å². The molecule has 0 saturated heterocycles. The van der Waals surface area contributed by atoms with E-state index in [1.54, 1.807) is 0 Å². The summed E-state index contributed by atoms with van der Waals surface area (Å²) in [7, 11) is 4.12. The summed E-state index contributed by atoms with van der Waals surface area (Å²) in [4.78, 5) is 24.6. The van der Waals surface area contributed by atoms with Crippen LogP contribution in [0.5, 0.6) is 0 Å². The molecule has 0 aromatic heterocycles. The molecule has 0 unspecified atom stereocenters. The first-order valence-corrected chi connectivity index (χ1v) is 10.3. The fourth-order valence-corrected chi connectivity index (χ4v) is 4.32. The van der Waals surface area contributed by atoms with Crippen molar-refractivity contribution in [2.24, 2.45) is 0 Å². The van der Waals surface area contributed by atoms with Crippen LogP contribution in [0.2, 0.25) is 0 Å². The van der Waals surface area contributed by atoms with Crippen molar-refractivity contribution in [1.82, 2.24) is 5.32 Å². The molecule has 0 heterocycles. The summed E-state index contributed by atoms with van der Waals surface area (Å²) in [5, 5.41) is 9.79. The molecule has 0 fully saturated rings. The number of benzene rings is 4. The lowest BCUT2D eigenvalue weighted by Crippen LogP contribution is -2.45. The molecule has 0 aliphatic rings. The summed E-state index contributed by atoms with van der Waals surface area (Å²) in [6, 6.07) is 18.8. The third-order valence-corrected chi connectivity index (χ3v) is 5.83. The van der Waals surface area contributed by atoms with Crippen LogP contribution < -0.4 is 5.32 Å². The van der Waals surface area contributed by atoms with E-state index in [2.05, 4.69) is 74.5 Å². The maximum Gasteiger partial charge on any atom is 0.243 e. The van der Waals surface area contributed by atoms with Crippen molar-refractivity contribution >= 4 is 44.0 Å². The Morgan fingerprint density at radius 3 is 2.27 bits per heavy atom. The summed E-state index contributed by atoms with van der Waals surface area (Å²) in [6.07, 6.45) is 2.08. The molecule has 1 N–H and O–H groups in total. The molecule has 0 atom stereocenters. The van der Waals surface area contributed by atoms with Crippen LogP contribution in [0, 0.1) is 0 Å². The molecule has 0 aliphatic carbocycles. The summed E-state index contributed by atoms with van der Waals surface area (Å²) >= 11 is 0. The Labute approximate surface area is 176 Å². The number of nitrogens with one attached hydrogen (secondary N) is 1. The lowest BCUT2D eigenvalue weighted by Gasteiger charge is -2.29. The Morgan fingerprint density at radius 2 is 1.57 bits per heavy atom. The molecule has 4 nitrogen and oxygen atoms in total. The number of ketones is 1. The Bertz CT molecular complexity index is 1240. The molecule has 0 aliphatic heterocycles. The highest BCUT2D eigenvalue weighted by Crippen LogP contribution is 2.36. The van der Waals surface area contributed by atoms with Gasteiger partial charge in [-0.05, 0) is 44.5 Å². The SMILES string of the molecule is C=CC(=O)NCCC[N+](C)(C)CC(=O)c1ccc2ccc3cccc4ccc1c2c34. The van der Waals surface area contributed by atoms with Gasteiger partial charge in [0, 0.05) is 18.5 Å². The molecule has 0 bridgehead atoms. The number of carbonyl (C=O) groups excluding carboxylic acids is 2. The van der Waals surface area contributed by atoms with Crippen LogP contribution in [0.3, 0.4) is 0 Å². The molecule has 30 heavy (non-hydrogen) atoms. The van der Waals surface area contributed by atoms with E-state index in [1.165, 1.54) is 27.6 Å². The van der Waals surface area contributed by atoms with Gasteiger partial charge < -0.3 is 9.80 Å². The number of Topliss-reactive ketones (excluding diaryl/α,β-unsaturated/α-hetero) is 1. The van der Waals surface area contributed by atoms with Crippen LogP contribution in [0.25, 0.3) is 32.3 Å². The van der Waals surface area contributed by atoms with Gasteiger partial charge in [0.2, 0.25) is 11.7 Å². The third-order valence-electron chi connectivity index (χ3n) is 5.83. The van der Waals surface area contributed by atoms with Gasteiger partial charge in [-0.2, -0.15) is 0 Å². The van der Waals surface area contributed by atoms with E-state index in [9.17, 15) is 9.59 Å². The molecule has 4 aromatic rings. The summed E-state index contributed by atoms with van der Waals surface area (Å²) in [5.74, 6) is -0.0157. The van der Waals surface area contributed by atoms with Crippen LogP contribution in [0.15, 0.2) is 67.3 Å². The molecule has 4 heteroatoms. The fourth-order valence-electron chi connectivity index (χ4n) is 4.32. The quantitative estimate of drug-likeness (QED) is 0.155. The van der Waals surface area contributed by atoms with Gasteiger partial charge in [-0.15, -0.1) is 0 Å². The maximum atomic E-state index is 13.3. The van der Waals surface area contributed by atoms with Gasteiger partial charge in [0.1, 0.15) is 6.54 Å². The predicted molar refractivity (Wildman–Crippen MR) is 124 cm³/mol. The average Bonchev–Trinajstić information content (AvgIpc) is 2.74. The first-order valence-electron chi connectivity index (χ1n) is 10.3. The van der Waals surface area contributed by atoms with Crippen molar-refractivity contribution in [1.29, 1.82) is 0 Å². The number of quaternary nitrogens is 1. The lowest BCUT2D eigenvalue weighted by atomic mass is 9.91. The van der Waals surface area contributed by atoms with Gasteiger partial charge >= 0.3 is 0 Å². The molecule has 152 valence electrons. The average molecular weight is 400 g/mol. The minimum absolute atomic E-state index is 0.146. The van der Waals surface area contributed by atoms with E-state index in [4.69, 9.17) is 0 Å². The van der Waals surface area contributed by atoms with E-state index < -0.39 is 0 Å². The highest BCUT2D eigenvalue weighted by atomic mass is 16.1. The van der Waals surface area contributed by atoms with Crippen LogP contribution in [0.1, 0.15) is 16.8 Å². The molecular weight excluding hydrogens is 372 g/mol. The predicted octanol–water partition coefficient (Wildman–Crippen LogP) is 4.54. The first kappa shape index (κ1) is 20.0. The van der Waals surface area contributed by atoms with Gasteiger partial charge in [-0.1, -0.05) is 55.1 Å². The van der Waals surface area contributed by atoms with Gasteiger partial charge in [-0.25, -0.2) is 0 Å². The summed E-state index contributed by atoms with van der Waals surface area (Å²) in [5.41, 5.74) is 0.784.